The van der Waals surface area contributed by atoms with E-state index in [1.54, 1.807) is 26.0 Å². The van der Waals surface area contributed by atoms with Gasteiger partial charge in [-0.1, -0.05) is 33.6 Å². The van der Waals surface area contributed by atoms with Gasteiger partial charge in [-0.3, -0.25) is 4.79 Å². The maximum absolute atomic E-state index is 13.7. The molecule has 10 heteroatoms. The number of benzene rings is 1. The molecule has 2 aromatic heterocycles. The van der Waals surface area contributed by atoms with Gasteiger partial charge in [0, 0.05) is 28.4 Å². The number of hydrogen-bond donors (Lipinski definition) is 2. The first-order valence-electron chi connectivity index (χ1n) is 10.5. The maximum Gasteiger partial charge on any atom is 0.356 e. The summed E-state index contributed by atoms with van der Waals surface area (Å²) in [6.45, 7) is 3.40. The second-order valence-corrected chi connectivity index (χ2v) is 9.55. The number of aromatic nitrogens is 1. The summed E-state index contributed by atoms with van der Waals surface area (Å²) in [5, 5.41) is 13.0. The Morgan fingerprint density at radius 2 is 2.09 bits per heavy atom. The van der Waals surface area contributed by atoms with Crippen LogP contribution < -0.4 is 10.7 Å². The highest BCUT2D eigenvalue weighted by Gasteiger charge is 2.32. The van der Waals surface area contributed by atoms with E-state index >= 15 is 0 Å². The summed E-state index contributed by atoms with van der Waals surface area (Å²) in [7, 11) is 0. The highest BCUT2D eigenvalue weighted by Crippen LogP contribution is 2.39. The quantitative estimate of drug-likeness (QED) is 0.331. The number of aromatic carboxylic acids is 1. The molecule has 3 aromatic rings. The molecule has 0 amide bonds. The molecule has 1 atom stereocenters. The van der Waals surface area contributed by atoms with Gasteiger partial charge >= 0.3 is 5.97 Å². The average Bonchev–Trinajstić information content (AvgIpc) is 2.77. The normalized spacial score (nSPS) is 16.2. The predicted molar refractivity (Wildman–Crippen MR) is 130 cm³/mol. The van der Waals surface area contributed by atoms with Gasteiger partial charge in [0.05, 0.1) is 17.1 Å². The number of rotatable bonds is 5. The van der Waals surface area contributed by atoms with E-state index in [0.717, 1.165) is 0 Å². The third-order valence-electron chi connectivity index (χ3n) is 5.81. The molecule has 4 rings (SSSR count). The Morgan fingerprint density at radius 1 is 1.35 bits per heavy atom. The van der Waals surface area contributed by atoms with Crippen molar-refractivity contribution in [3.63, 3.8) is 0 Å². The van der Waals surface area contributed by atoms with E-state index in [0.29, 0.717) is 37.9 Å². The summed E-state index contributed by atoms with van der Waals surface area (Å²) in [5.41, 5.74) is 1.54. The number of alkyl halides is 2. The van der Waals surface area contributed by atoms with Crippen LogP contribution in [0.25, 0.3) is 16.5 Å². The molecule has 1 aliphatic carbocycles. The molecule has 0 spiro atoms. The lowest BCUT2D eigenvalue weighted by atomic mass is 9.92. The average molecular weight is 554 g/mol. The molecule has 0 unspecified atom stereocenters. The van der Waals surface area contributed by atoms with Gasteiger partial charge < -0.3 is 14.8 Å². The van der Waals surface area contributed by atoms with Crippen molar-refractivity contribution in [2.24, 2.45) is 0 Å². The summed E-state index contributed by atoms with van der Waals surface area (Å²) in [6.07, 6.45) is 0.808. The van der Waals surface area contributed by atoms with Crippen molar-refractivity contribution in [2.45, 2.75) is 45.1 Å². The first-order valence-corrected chi connectivity index (χ1v) is 11.6. The van der Waals surface area contributed by atoms with Gasteiger partial charge in [0.25, 0.3) is 5.92 Å². The van der Waals surface area contributed by atoms with Crippen LogP contribution in [0.4, 0.5) is 14.5 Å². The zero-order valence-corrected chi connectivity index (χ0v) is 20.6. The van der Waals surface area contributed by atoms with Crippen molar-refractivity contribution in [2.75, 3.05) is 5.32 Å². The third kappa shape index (κ3) is 4.72. The Hall–Kier alpha value is -2.78. The summed E-state index contributed by atoms with van der Waals surface area (Å²) in [5.74, 6) is -3.72. The minimum Gasteiger partial charge on any atom is -0.476 e. The molecule has 178 valence electrons. The molecule has 6 nitrogen and oxygen atoms in total. The van der Waals surface area contributed by atoms with Gasteiger partial charge in [0.15, 0.2) is 11.1 Å². The van der Waals surface area contributed by atoms with Crippen molar-refractivity contribution in [3.05, 3.63) is 72.8 Å². The van der Waals surface area contributed by atoms with E-state index in [2.05, 4.69) is 26.2 Å². The molecule has 2 heterocycles. The molecule has 0 saturated heterocycles. The molecule has 1 aromatic carbocycles. The molecular weight excluding hydrogens is 534 g/mol. The number of pyridine rings is 1. The van der Waals surface area contributed by atoms with Crippen LogP contribution in [0.2, 0.25) is 5.15 Å². The summed E-state index contributed by atoms with van der Waals surface area (Å²) in [4.78, 5) is 28.7. The minimum absolute atomic E-state index is 0.0426. The molecule has 1 aliphatic rings. The van der Waals surface area contributed by atoms with Crippen molar-refractivity contribution >= 4 is 55.7 Å². The molecule has 0 radical (unpaired) electrons. The molecule has 0 fully saturated rings. The molecule has 0 aliphatic heterocycles. The summed E-state index contributed by atoms with van der Waals surface area (Å²) < 4.78 is 34.1. The number of fused-ring (bicyclic) bond motifs is 1. The third-order valence-corrected chi connectivity index (χ3v) is 6.48. The maximum atomic E-state index is 13.7. The number of nitrogens with zero attached hydrogens (tertiary/aromatic N) is 1. The van der Waals surface area contributed by atoms with Crippen LogP contribution in [0.3, 0.4) is 0 Å². The molecular formula is C24H20BrClF2N2O4. The standard InChI is InChI=1S/C24H20BrClF2N2O4/c1-11-20(31)16-10-14(25)9-15(12(2)29-17-3-4-18(26)30-19(17)23(32)33)22(16)34-21(11)13-5-7-24(27,28)8-6-13/h3-5,9-10,12,29H,6-8H2,1-2H3,(H,32,33)/t12-/m1/s1. The van der Waals surface area contributed by atoms with E-state index < -0.39 is 24.4 Å². The van der Waals surface area contributed by atoms with E-state index in [4.69, 9.17) is 16.0 Å². The number of anilines is 1. The van der Waals surface area contributed by atoms with Gasteiger partial charge in [-0.15, -0.1) is 0 Å². The largest absolute Gasteiger partial charge is 0.476 e. The SMILES string of the molecule is Cc1c(C2=CCC(F)(F)CC2)oc2c([C@@H](C)Nc3ccc(Cl)nc3C(=O)O)cc(Br)cc2c1=O. The fourth-order valence-electron chi connectivity index (χ4n) is 4.04. The van der Waals surface area contributed by atoms with Crippen LogP contribution >= 0.6 is 27.5 Å². The van der Waals surface area contributed by atoms with Crippen LogP contribution in [0, 0.1) is 6.92 Å². The highest BCUT2D eigenvalue weighted by molar-refractivity contribution is 9.10. The minimum atomic E-state index is -2.77. The highest BCUT2D eigenvalue weighted by atomic mass is 79.9. The zero-order chi connectivity index (χ0) is 24.8. The number of allylic oxidation sites excluding steroid dienone is 2. The molecule has 0 bridgehead atoms. The predicted octanol–water partition coefficient (Wildman–Crippen LogP) is 6.99. The van der Waals surface area contributed by atoms with Crippen LogP contribution in [-0.2, 0) is 0 Å². The summed E-state index contributed by atoms with van der Waals surface area (Å²) in [6, 6.07) is 5.87. The van der Waals surface area contributed by atoms with E-state index in [1.807, 2.05) is 0 Å². The Bertz CT molecular complexity index is 1400. The second-order valence-electron chi connectivity index (χ2n) is 8.25. The number of carbonyl (C=O) groups is 1. The van der Waals surface area contributed by atoms with E-state index in [9.17, 15) is 23.5 Å². The number of halogens is 4. The van der Waals surface area contributed by atoms with Crippen molar-refractivity contribution < 1.29 is 23.1 Å². The first kappa shape index (κ1) is 24.3. The Morgan fingerprint density at radius 3 is 2.74 bits per heavy atom. The van der Waals surface area contributed by atoms with Crippen LogP contribution in [0.1, 0.15) is 59.6 Å². The molecule has 2 N–H and O–H groups in total. The van der Waals surface area contributed by atoms with Crippen LogP contribution in [0.5, 0.6) is 0 Å². The number of carboxylic acids is 1. The van der Waals surface area contributed by atoms with Crippen molar-refractivity contribution in [1.29, 1.82) is 0 Å². The topological polar surface area (TPSA) is 92.4 Å². The smallest absolute Gasteiger partial charge is 0.356 e. The van der Waals surface area contributed by atoms with E-state index in [-0.39, 0.29) is 34.8 Å². The van der Waals surface area contributed by atoms with Gasteiger partial charge in [0.2, 0.25) is 0 Å². The van der Waals surface area contributed by atoms with Crippen molar-refractivity contribution in [1.82, 2.24) is 4.98 Å². The van der Waals surface area contributed by atoms with Crippen LogP contribution in [0.15, 0.2) is 44.0 Å². The lowest BCUT2D eigenvalue weighted by molar-refractivity contribution is -0.00618. The first-order chi connectivity index (χ1) is 16.0. The Balaban J connectivity index is 1.84. The lowest BCUT2D eigenvalue weighted by Crippen LogP contribution is -2.19. The van der Waals surface area contributed by atoms with Gasteiger partial charge in [0.1, 0.15) is 16.5 Å². The number of carboxylic acid groups (broad SMARTS) is 1. The molecule has 0 saturated carbocycles. The lowest BCUT2D eigenvalue weighted by Gasteiger charge is -2.23. The summed E-state index contributed by atoms with van der Waals surface area (Å²) >= 11 is 9.27. The zero-order valence-electron chi connectivity index (χ0n) is 18.2. The number of nitrogens with one attached hydrogen (secondary N) is 1. The Labute approximate surface area is 206 Å². The molecule has 34 heavy (non-hydrogen) atoms. The fraction of sp³-hybridized carbons (Fsp3) is 0.292. The van der Waals surface area contributed by atoms with Gasteiger partial charge in [-0.05, 0) is 50.1 Å². The fourth-order valence-corrected chi connectivity index (χ4v) is 4.66. The van der Waals surface area contributed by atoms with Crippen molar-refractivity contribution in [3.8, 4) is 0 Å². The van der Waals surface area contributed by atoms with Gasteiger partial charge in [-0.25, -0.2) is 18.6 Å². The Kier molecular flexibility index (Phi) is 6.52. The monoisotopic (exact) mass is 552 g/mol. The second kappa shape index (κ2) is 9.11. The number of hydrogen-bond acceptors (Lipinski definition) is 5. The van der Waals surface area contributed by atoms with Crippen LogP contribution in [-0.4, -0.2) is 22.0 Å². The van der Waals surface area contributed by atoms with Gasteiger partial charge in [-0.2, -0.15) is 0 Å². The van der Waals surface area contributed by atoms with E-state index in [1.165, 1.54) is 18.2 Å².